The van der Waals surface area contributed by atoms with Crippen molar-refractivity contribution in [3.63, 3.8) is 0 Å². The molecule has 4 unspecified atom stereocenters. The highest BCUT2D eigenvalue weighted by Gasteiger charge is 2.30. The number of rotatable bonds is 82. The zero-order valence-electron chi connectivity index (χ0n) is 68.7. The van der Waals surface area contributed by atoms with Crippen molar-refractivity contribution in [3.8, 4) is 0 Å². The summed E-state index contributed by atoms with van der Waals surface area (Å²) in [6, 6.07) is 0. The van der Waals surface area contributed by atoms with Crippen LogP contribution in [-0.4, -0.2) is 96.7 Å². The van der Waals surface area contributed by atoms with Crippen LogP contribution in [-0.2, 0) is 65.4 Å². The third kappa shape index (κ3) is 76.8. The molecule has 0 aromatic rings. The Morgan fingerprint density at radius 2 is 0.462 bits per heavy atom. The predicted molar refractivity (Wildman–Crippen MR) is 428 cm³/mol. The number of unbranched alkanes of at least 4 members (excludes halogenated alkanes) is 47. The lowest BCUT2D eigenvalue weighted by Crippen LogP contribution is -2.30. The second-order valence-corrected chi connectivity index (χ2v) is 35.2. The van der Waals surface area contributed by atoms with E-state index in [-0.39, 0.29) is 25.7 Å². The summed E-state index contributed by atoms with van der Waals surface area (Å²) >= 11 is 0. The molecule has 19 heteroatoms. The average molecular weight is 1520 g/mol. The van der Waals surface area contributed by atoms with Crippen LogP contribution in [0.1, 0.15) is 441 Å². The Labute approximate surface area is 638 Å². The topological polar surface area (TPSA) is 237 Å². The molecular weight excluding hydrogens is 1350 g/mol. The van der Waals surface area contributed by atoms with E-state index in [0.717, 1.165) is 114 Å². The first-order valence-corrected chi connectivity index (χ1v) is 46.7. The quantitative estimate of drug-likeness (QED) is 0.0222. The van der Waals surface area contributed by atoms with Crippen LogP contribution in [0.15, 0.2) is 0 Å². The zero-order valence-corrected chi connectivity index (χ0v) is 70.5. The second-order valence-electron chi connectivity index (χ2n) is 32.2. The average Bonchev–Trinajstić information content (AvgIpc) is 0.906. The predicted octanol–water partition coefficient (Wildman–Crippen LogP) is 25.6. The Morgan fingerprint density at radius 3 is 0.683 bits per heavy atom. The summed E-state index contributed by atoms with van der Waals surface area (Å²) in [5.41, 5.74) is 0. The van der Waals surface area contributed by atoms with E-state index in [1.807, 2.05) is 0 Å². The maximum atomic E-state index is 13.1. The molecule has 0 heterocycles. The number of esters is 4. The highest BCUT2D eigenvalue weighted by molar-refractivity contribution is 7.47. The van der Waals surface area contributed by atoms with E-state index in [4.69, 9.17) is 37.0 Å². The fraction of sp³-hybridized carbons (Fsp3) is 0.953. The lowest BCUT2D eigenvalue weighted by atomic mass is 9.99. The van der Waals surface area contributed by atoms with Crippen LogP contribution in [0.25, 0.3) is 0 Å². The first-order valence-electron chi connectivity index (χ1n) is 43.7. The lowest BCUT2D eigenvalue weighted by molar-refractivity contribution is -0.161. The smallest absolute Gasteiger partial charge is 0.462 e. The minimum absolute atomic E-state index is 0.107. The second kappa shape index (κ2) is 73.8. The SMILES string of the molecule is CCC(C)CCCCCCCCCCCCC(=O)OC[C@H](COP(=O)(O)OCC(O)COP(=O)(O)OC[C@@H](COC(=O)CCCCCCCCCC(C)C)OC(=O)CCCCCCCCCCCCCCCCCCCCC(C)C)OC(=O)CCCCCCCCCCCCCCCCCCC(C)C. The van der Waals surface area contributed by atoms with Gasteiger partial charge in [0.05, 0.1) is 26.4 Å². The number of hydrogen-bond acceptors (Lipinski definition) is 15. The summed E-state index contributed by atoms with van der Waals surface area (Å²) in [5.74, 6) is 1.03. The standard InChI is InChI=1S/C85H166O17P2/c1-9-78(8)64-56-48-40-32-28-29-33-41-49-57-65-82(87)95-71-80(101-84(89)67-60-52-43-35-27-23-19-15-14-17-21-25-31-38-46-54-62-76(4)5)73-99-103(91,92)97-69-79(86)70-98-104(93,94)100-74-81(72-96-83(88)66-58-50-44-36-39-47-55-63-77(6)7)102-85(90)68-59-51-42-34-26-22-18-13-11-10-12-16-20-24-30-37-45-53-61-75(2)3/h75-81,86H,9-74H2,1-8H3,(H,91,92)(H,93,94)/t78?,79?,80-,81-/m1/s1. The van der Waals surface area contributed by atoms with Crippen LogP contribution in [0.3, 0.4) is 0 Å². The molecule has 0 fully saturated rings. The summed E-state index contributed by atoms with van der Waals surface area (Å²) in [6.45, 7) is 14.3. The molecule has 17 nitrogen and oxygen atoms in total. The van der Waals surface area contributed by atoms with E-state index in [1.54, 1.807) is 0 Å². The van der Waals surface area contributed by atoms with Gasteiger partial charge in [-0.1, -0.05) is 389 Å². The number of ether oxygens (including phenoxy) is 4. The van der Waals surface area contributed by atoms with Crippen molar-refractivity contribution >= 4 is 39.5 Å². The van der Waals surface area contributed by atoms with E-state index in [0.29, 0.717) is 31.6 Å². The third-order valence-corrected chi connectivity index (χ3v) is 22.1. The normalized spacial score (nSPS) is 14.2. The van der Waals surface area contributed by atoms with Crippen LogP contribution in [0.5, 0.6) is 0 Å². The van der Waals surface area contributed by atoms with Crippen molar-refractivity contribution < 1.29 is 80.2 Å². The highest BCUT2D eigenvalue weighted by atomic mass is 31.2. The van der Waals surface area contributed by atoms with Crippen molar-refractivity contribution in [3.05, 3.63) is 0 Å². The van der Waals surface area contributed by atoms with Crippen molar-refractivity contribution in [2.45, 2.75) is 459 Å². The summed E-state index contributed by atoms with van der Waals surface area (Å²) in [7, 11) is -9.93. The summed E-state index contributed by atoms with van der Waals surface area (Å²) in [5, 5.41) is 10.7. The molecule has 0 amide bonds. The number of phosphoric acid groups is 2. The molecule has 6 atom stereocenters. The molecule has 0 aliphatic rings. The van der Waals surface area contributed by atoms with Crippen LogP contribution in [0.2, 0.25) is 0 Å². The van der Waals surface area contributed by atoms with E-state index in [1.165, 1.54) is 238 Å². The monoisotopic (exact) mass is 1520 g/mol. The number of hydrogen-bond donors (Lipinski definition) is 3. The van der Waals surface area contributed by atoms with Gasteiger partial charge in [-0.3, -0.25) is 37.3 Å². The molecule has 0 spiro atoms. The van der Waals surface area contributed by atoms with Gasteiger partial charge in [-0.05, 0) is 49.4 Å². The highest BCUT2D eigenvalue weighted by Crippen LogP contribution is 2.45. The number of phosphoric ester groups is 2. The van der Waals surface area contributed by atoms with Gasteiger partial charge in [0.15, 0.2) is 12.2 Å². The van der Waals surface area contributed by atoms with Crippen LogP contribution in [0.4, 0.5) is 0 Å². The van der Waals surface area contributed by atoms with Crippen molar-refractivity contribution in [1.82, 2.24) is 0 Å². The first kappa shape index (κ1) is 102. The van der Waals surface area contributed by atoms with Crippen LogP contribution < -0.4 is 0 Å². The van der Waals surface area contributed by atoms with E-state index < -0.39 is 97.5 Å². The fourth-order valence-corrected chi connectivity index (χ4v) is 14.7. The van der Waals surface area contributed by atoms with Gasteiger partial charge in [-0.15, -0.1) is 0 Å². The number of carbonyl (C=O) groups excluding carboxylic acids is 4. The van der Waals surface area contributed by atoms with Gasteiger partial charge in [0.25, 0.3) is 0 Å². The minimum Gasteiger partial charge on any atom is -0.462 e. The molecule has 104 heavy (non-hydrogen) atoms. The molecule has 0 radical (unpaired) electrons. The van der Waals surface area contributed by atoms with Gasteiger partial charge >= 0.3 is 39.5 Å². The largest absolute Gasteiger partial charge is 0.472 e. The van der Waals surface area contributed by atoms with Crippen molar-refractivity contribution in [1.29, 1.82) is 0 Å². The Bertz CT molecular complexity index is 2030. The summed E-state index contributed by atoms with van der Waals surface area (Å²) < 4.78 is 68.8. The summed E-state index contributed by atoms with van der Waals surface area (Å²) in [6.07, 6.45) is 62.5. The van der Waals surface area contributed by atoms with Crippen LogP contribution in [0, 0.1) is 23.7 Å². The van der Waals surface area contributed by atoms with Crippen molar-refractivity contribution in [2.75, 3.05) is 39.6 Å². The number of aliphatic hydroxyl groups is 1. The molecular formula is C85H166O17P2. The van der Waals surface area contributed by atoms with Gasteiger partial charge in [0, 0.05) is 25.7 Å². The van der Waals surface area contributed by atoms with E-state index >= 15 is 0 Å². The lowest BCUT2D eigenvalue weighted by Gasteiger charge is -2.21. The number of carbonyl (C=O) groups is 4. The van der Waals surface area contributed by atoms with E-state index in [2.05, 4.69) is 55.4 Å². The Kier molecular flexibility index (Phi) is 72.5. The Morgan fingerprint density at radius 1 is 0.269 bits per heavy atom. The van der Waals surface area contributed by atoms with Crippen molar-refractivity contribution in [2.24, 2.45) is 23.7 Å². The molecule has 0 aromatic heterocycles. The number of aliphatic hydroxyl groups excluding tert-OH is 1. The van der Waals surface area contributed by atoms with Gasteiger partial charge in [-0.25, -0.2) is 9.13 Å². The summed E-state index contributed by atoms with van der Waals surface area (Å²) in [4.78, 5) is 73.2. The molecule has 0 saturated heterocycles. The third-order valence-electron chi connectivity index (χ3n) is 20.2. The molecule has 0 bridgehead atoms. The first-order chi connectivity index (χ1) is 50.1. The fourth-order valence-electron chi connectivity index (χ4n) is 13.1. The Hall–Kier alpha value is -1.94. The molecule has 0 rings (SSSR count). The minimum atomic E-state index is -4.96. The van der Waals surface area contributed by atoms with E-state index in [9.17, 15) is 43.2 Å². The van der Waals surface area contributed by atoms with Gasteiger partial charge < -0.3 is 33.8 Å². The zero-order chi connectivity index (χ0) is 76.7. The molecule has 3 N–H and O–H groups in total. The molecule has 0 aliphatic carbocycles. The molecule has 0 aliphatic heterocycles. The van der Waals surface area contributed by atoms with Gasteiger partial charge in [-0.2, -0.15) is 0 Å². The molecule has 0 saturated carbocycles. The van der Waals surface area contributed by atoms with Gasteiger partial charge in [0.2, 0.25) is 0 Å². The maximum Gasteiger partial charge on any atom is 0.472 e. The Balaban J connectivity index is 5.21. The maximum absolute atomic E-state index is 13.1. The molecule has 618 valence electrons. The molecule has 0 aromatic carbocycles. The van der Waals surface area contributed by atoms with Gasteiger partial charge in [0.1, 0.15) is 19.3 Å². The van der Waals surface area contributed by atoms with Crippen LogP contribution >= 0.6 is 15.6 Å².